The van der Waals surface area contributed by atoms with E-state index in [1.165, 1.54) is 24.2 Å². The first-order chi connectivity index (χ1) is 8.11. The molecule has 0 fully saturated rings. The fraction of sp³-hybridized carbons (Fsp3) is 0.750. The Balaban J connectivity index is 2.37. The Morgan fingerprint density at radius 1 is 1.35 bits per heavy atom. The highest BCUT2D eigenvalue weighted by Crippen LogP contribution is 2.18. The average molecular weight is 255 g/mol. The Morgan fingerprint density at radius 2 is 2.12 bits per heavy atom. The number of unbranched alkanes of at least 4 members (excludes halogenated alkanes) is 2. The van der Waals surface area contributed by atoms with Crippen LogP contribution in [0.5, 0.6) is 0 Å². The monoisotopic (exact) mass is 255 g/mol. The molecule has 0 unspecified atom stereocenters. The maximum Gasteiger partial charge on any atom is 0.226 e. The molecule has 0 aromatic carbocycles. The Morgan fingerprint density at radius 3 is 2.76 bits per heavy atom. The molecule has 0 aliphatic heterocycles. The number of carbonyl (C=O) groups excluding carboxylic acids is 1. The first-order valence-corrected chi connectivity index (χ1v) is 7.05. The van der Waals surface area contributed by atoms with Gasteiger partial charge in [-0.1, -0.05) is 44.9 Å². The van der Waals surface area contributed by atoms with Gasteiger partial charge in [0.15, 0.2) is 0 Å². The Kier molecular flexibility index (Phi) is 6.11. The van der Waals surface area contributed by atoms with Gasteiger partial charge in [0.1, 0.15) is 5.01 Å². The number of nitrogens with zero attached hydrogens (tertiary/aromatic N) is 2. The van der Waals surface area contributed by atoms with Crippen molar-refractivity contribution in [3.8, 4) is 0 Å². The van der Waals surface area contributed by atoms with Crippen molar-refractivity contribution in [3.05, 3.63) is 5.01 Å². The predicted molar refractivity (Wildman–Crippen MR) is 71.2 cm³/mol. The summed E-state index contributed by atoms with van der Waals surface area (Å²) in [7, 11) is 0. The third-order valence-corrected chi connectivity index (χ3v) is 3.20. The summed E-state index contributed by atoms with van der Waals surface area (Å²) in [5.41, 5.74) is 0. The van der Waals surface area contributed by atoms with E-state index in [1.807, 2.05) is 13.8 Å². The molecule has 5 heteroatoms. The Labute approximate surface area is 107 Å². The molecule has 1 aromatic rings. The molecule has 96 valence electrons. The lowest BCUT2D eigenvalue weighted by Gasteiger charge is -2.02. The van der Waals surface area contributed by atoms with E-state index in [-0.39, 0.29) is 5.91 Å². The summed E-state index contributed by atoms with van der Waals surface area (Å²) >= 11 is 1.48. The minimum atomic E-state index is 0.0243. The summed E-state index contributed by atoms with van der Waals surface area (Å²) in [4.78, 5) is 11.5. The zero-order valence-electron chi connectivity index (χ0n) is 10.8. The van der Waals surface area contributed by atoms with E-state index in [9.17, 15) is 4.79 Å². The van der Waals surface area contributed by atoms with Crippen molar-refractivity contribution in [2.75, 3.05) is 5.32 Å². The van der Waals surface area contributed by atoms with Crippen LogP contribution in [0.25, 0.3) is 0 Å². The summed E-state index contributed by atoms with van der Waals surface area (Å²) in [6.45, 7) is 6.23. The van der Waals surface area contributed by atoms with E-state index >= 15 is 0 Å². The van der Waals surface area contributed by atoms with Crippen LogP contribution in [0.1, 0.15) is 51.5 Å². The second-order valence-corrected chi connectivity index (χ2v) is 5.67. The van der Waals surface area contributed by atoms with Crippen LogP contribution in [-0.2, 0) is 11.2 Å². The molecule has 0 radical (unpaired) electrons. The molecule has 0 aliphatic carbocycles. The van der Waals surface area contributed by atoms with Crippen LogP contribution < -0.4 is 5.32 Å². The smallest absolute Gasteiger partial charge is 0.226 e. The fourth-order valence-electron chi connectivity index (χ4n) is 1.47. The molecular formula is C12H21N3OS. The molecule has 1 amide bonds. The van der Waals surface area contributed by atoms with Crippen LogP contribution in [0.2, 0.25) is 0 Å². The number of hydrogen-bond donors (Lipinski definition) is 1. The zero-order valence-corrected chi connectivity index (χ0v) is 11.6. The highest BCUT2D eigenvalue weighted by molar-refractivity contribution is 7.15. The molecule has 1 aromatic heterocycles. The minimum Gasteiger partial charge on any atom is -0.301 e. The summed E-state index contributed by atoms with van der Waals surface area (Å²) in [6.07, 6.45) is 5.06. The first kappa shape index (κ1) is 14.1. The lowest BCUT2D eigenvalue weighted by atomic mass is 10.1. The number of anilines is 1. The number of aryl methyl sites for hydroxylation is 1. The van der Waals surface area contributed by atoms with Gasteiger partial charge in [0.25, 0.3) is 0 Å². The van der Waals surface area contributed by atoms with Gasteiger partial charge >= 0.3 is 0 Å². The highest BCUT2D eigenvalue weighted by Gasteiger charge is 2.09. The molecule has 0 bridgehead atoms. The lowest BCUT2D eigenvalue weighted by molar-refractivity contribution is -0.116. The normalized spacial score (nSPS) is 10.8. The van der Waals surface area contributed by atoms with Gasteiger partial charge in [-0.05, 0) is 12.3 Å². The minimum absolute atomic E-state index is 0.0243. The molecule has 0 saturated carbocycles. The number of nitrogens with one attached hydrogen (secondary N) is 1. The van der Waals surface area contributed by atoms with Gasteiger partial charge < -0.3 is 5.32 Å². The van der Waals surface area contributed by atoms with Gasteiger partial charge in [0, 0.05) is 12.8 Å². The van der Waals surface area contributed by atoms with E-state index in [0.717, 1.165) is 17.8 Å². The van der Waals surface area contributed by atoms with E-state index in [4.69, 9.17) is 0 Å². The summed E-state index contributed by atoms with van der Waals surface area (Å²) in [5, 5.41) is 12.5. The van der Waals surface area contributed by atoms with Gasteiger partial charge in [0.05, 0.1) is 0 Å². The number of aromatic nitrogens is 2. The molecule has 0 atom stereocenters. The first-order valence-electron chi connectivity index (χ1n) is 6.24. The van der Waals surface area contributed by atoms with Crippen molar-refractivity contribution in [1.82, 2.24) is 10.2 Å². The Bertz CT molecular complexity index is 349. The molecular weight excluding hydrogens is 234 g/mol. The summed E-state index contributed by atoms with van der Waals surface area (Å²) < 4.78 is 0. The number of hydrogen-bond acceptors (Lipinski definition) is 4. The topological polar surface area (TPSA) is 54.9 Å². The van der Waals surface area contributed by atoms with Crippen LogP contribution in [-0.4, -0.2) is 16.1 Å². The molecule has 0 saturated heterocycles. The molecule has 17 heavy (non-hydrogen) atoms. The van der Waals surface area contributed by atoms with Crippen LogP contribution >= 0.6 is 11.3 Å². The van der Waals surface area contributed by atoms with Crippen molar-refractivity contribution in [2.24, 2.45) is 5.92 Å². The van der Waals surface area contributed by atoms with Crippen LogP contribution in [0.4, 0.5) is 5.13 Å². The highest BCUT2D eigenvalue weighted by atomic mass is 32.1. The van der Waals surface area contributed by atoms with Gasteiger partial charge in [-0.25, -0.2) is 0 Å². The van der Waals surface area contributed by atoms with Crippen molar-refractivity contribution >= 4 is 22.4 Å². The van der Waals surface area contributed by atoms with Crippen LogP contribution in [0.3, 0.4) is 0 Å². The third kappa shape index (κ3) is 5.77. The second kappa shape index (κ2) is 7.37. The van der Waals surface area contributed by atoms with E-state index in [1.54, 1.807) is 0 Å². The van der Waals surface area contributed by atoms with Crippen molar-refractivity contribution in [3.63, 3.8) is 0 Å². The van der Waals surface area contributed by atoms with E-state index in [2.05, 4.69) is 22.4 Å². The van der Waals surface area contributed by atoms with Gasteiger partial charge in [-0.15, -0.1) is 10.2 Å². The fourth-order valence-corrected chi connectivity index (χ4v) is 2.27. The largest absolute Gasteiger partial charge is 0.301 e. The lowest BCUT2D eigenvalue weighted by Crippen LogP contribution is -2.13. The number of amides is 1. The average Bonchev–Trinajstić information content (AvgIpc) is 2.64. The van der Waals surface area contributed by atoms with Gasteiger partial charge in [0.2, 0.25) is 11.0 Å². The number of carbonyl (C=O) groups is 1. The van der Waals surface area contributed by atoms with Gasteiger partial charge in [-0.2, -0.15) is 0 Å². The van der Waals surface area contributed by atoms with Crippen molar-refractivity contribution in [2.45, 2.75) is 52.9 Å². The predicted octanol–water partition coefficient (Wildman–Crippen LogP) is 3.26. The maximum atomic E-state index is 11.5. The molecule has 1 rings (SSSR count). The molecule has 0 spiro atoms. The summed E-state index contributed by atoms with van der Waals surface area (Å²) in [6, 6.07) is 0. The molecule has 4 nitrogen and oxygen atoms in total. The van der Waals surface area contributed by atoms with Crippen molar-refractivity contribution in [1.29, 1.82) is 0 Å². The zero-order chi connectivity index (χ0) is 12.7. The quantitative estimate of drug-likeness (QED) is 0.761. The standard InChI is InChI=1S/C12H21N3OS/c1-4-5-6-7-11-14-15-12(17-11)13-10(16)8-9(2)3/h9H,4-8H2,1-3H3,(H,13,15,16). The maximum absolute atomic E-state index is 11.5. The SMILES string of the molecule is CCCCCc1nnc(NC(=O)CC(C)C)s1. The van der Waals surface area contributed by atoms with Crippen LogP contribution in [0, 0.1) is 5.92 Å². The summed E-state index contributed by atoms with van der Waals surface area (Å²) in [5.74, 6) is 0.392. The van der Waals surface area contributed by atoms with Crippen LogP contribution in [0.15, 0.2) is 0 Å². The third-order valence-electron chi connectivity index (χ3n) is 2.30. The number of rotatable bonds is 7. The van der Waals surface area contributed by atoms with Gasteiger partial charge in [-0.3, -0.25) is 4.79 Å². The van der Waals surface area contributed by atoms with Crippen molar-refractivity contribution < 1.29 is 4.79 Å². The molecule has 0 aliphatic rings. The van der Waals surface area contributed by atoms with E-state index < -0.39 is 0 Å². The second-order valence-electron chi connectivity index (χ2n) is 4.60. The van der Waals surface area contributed by atoms with E-state index in [0.29, 0.717) is 17.5 Å². The molecule has 1 heterocycles. The molecule has 1 N–H and O–H groups in total. The Hall–Kier alpha value is -0.970.